The number of carbonyl (C=O) groups excluding carboxylic acids is 2. The van der Waals surface area contributed by atoms with Crippen molar-refractivity contribution in [3.8, 4) is 5.75 Å². The lowest BCUT2D eigenvalue weighted by Gasteiger charge is -2.14. The van der Waals surface area contributed by atoms with Gasteiger partial charge in [0, 0.05) is 22.3 Å². The fourth-order valence-electron chi connectivity index (χ4n) is 2.90. The number of rotatable bonds is 6. The number of halogens is 3. The van der Waals surface area contributed by atoms with Crippen LogP contribution >= 0.6 is 11.6 Å². The fraction of sp³-hybridized carbons (Fsp3) is 0.263. The smallest absolute Gasteiger partial charge is 0.407 e. The Morgan fingerprint density at radius 3 is 2.64 bits per heavy atom. The Hall–Kier alpha value is -2.87. The van der Waals surface area contributed by atoms with E-state index in [1.54, 1.807) is 18.2 Å². The van der Waals surface area contributed by atoms with Crippen LogP contribution in [-0.4, -0.2) is 31.8 Å². The summed E-state index contributed by atoms with van der Waals surface area (Å²) >= 11 is 5.58. The van der Waals surface area contributed by atoms with Gasteiger partial charge in [0.15, 0.2) is 0 Å². The van der Waals surface area contributed by atoms with Crippen LogP contribution in [0.15, 0.2) is 30.3 Å². The summed E-state index contributed by atoms with van der Waals surface area (Å²) in [5.41, 5.74) is 0.862. The lowest BCUT2D eigenvalue weighted by atomic mass is 10.0. The normalized spacial score (nSPS) is 15.7. The molecule has 0 unspecified atom stereocenters. The van der Waals surface area contributed by atoms with Gasteiger partial charge in [-0.1, -0.05) is 17.7 Å². The van der Waals surface area contributed by atoms with Gasteiger partial charge in [0.05, 0.1) is 19.6 Å². The van der Waals surface area contributed by atoms with Crippen molar-refractivity contribution in [2.75, 3.05) is 19.0 Å². The van der Waals surface area contributed by atoms with Crippen molar-refractivity contribution >= 4 is 29.3 Å². The second-order valence-corrected chi connectivity index (χ2v) is 6.68. The molecule has 1 aliphatic heterocycles. The molecule has 0 spiro atoms. The lowest BCUT2D eigenvalue weighted by molar-refractivity contribution is -0.115. The third-order valence-corrected chi connectivity index (χ3v) is 4.44. The summed E-state index contributed by atoms with van der Waals surface area (Å²) in [6.07, 6.45) is -0.455. The van der Waals surface area contributed by atoms with Crippen molar-refractivity contribution < 1.29 is 27.8 Å². The maximum absolute atomic E-state index is 13.8. The van der Waals surface area contributed by atoms with Gasteiger partial charge in [-0.25, -0.2) is 13.6 Å². The number of amides is 2. The Labute approximate surface area is 164 Å². The van der Waals surface area contributed by atoms with Crippen molar-refractivity contribution in [1.82, 2.24) is 5.32 Å². The van der Waals surface area contributed by atoms with Crippen LogP contribution in [0.5, 0.6) is 5.75 Å². The van der Waals surface area contributed by atoms with Crippen molar-refractivity contribution in [1.29, 1.82) is 0 Å². The minimum absolute atomic E-state index is 0.0802. The summed E-state index contributed by atoms with van der Waals surface area (Å²) in [7, 11) is 1.48. The van der Waals surface area contributed by atoms with Gasteiger partial charge in [-0.05, 0) is 30.2 Å². The van der Waals surface area contributed by atoms with Crippen LogP contribution in [0.2, 0.25) is 5.02 Å². The van der Waals surface area contributed by atoms with Gasteiger partial charge < -0.3 is 20.1 Å². The zero-order chi connectivity index (χ0) is 20.3. The first kappa shape index (κ1) is 19.9. The monoisotopic (exact) mass is 410 g/mol. The second kappa shape index (κ2) is 8.43. The maximum atomic E-state index is 13.8. The first-order valence-electron chi connectivity index (χ1n) is 8.39. The Morgan fingerprint density at radius 1 is 1.32 bits per heavy atom. The van der Waals surface area contributed by atoms with Crippen molar-refractivity contribution in [2.45, 2.75) is 18.9 Å². The van der Waals surface area contributed by atoms with Crippen LogP contribution in [0.3, 0.4) is 0 Å². The van der Waals surface area contributed by atoms with Gasteiger partial charge in [-0.2, -0.15) is 0 Å². The molecule has 9 heteroatoms. The molecule has 3 rings (SSSR count). The highest BCUT2D eigenvalue weighted by atomic mass is 35.5. The fourth-order valence-corrected chi connectivity index (χ4v) is 3.09. The average Bonchev–Trinajstić information content (AvgIpc) is 3.04. The number of ether oxygens (including phenoxy) is 2. The molecule has 1 saturated heterocycles. The summed E-state index contributed by atoms with van der Waals surface area (Å²) in [5.74, 6) is -1.85. The molecule has 0 saturated carbocycles. The van der Waals surface area contributed by atoms with Crippen molar-refractivity contribution in [3.63, 3.8) is 0 Å². The van der Waals surface area contributed by atoms with Crippen LogP contribution in [0.25, 0.3) is 0 Å². The van der Waals surface area contributed by atoms with E-state index < -0.39 is 30.1 Å². The molecular formula is C19H17ClF2N2O4. The number of cyclic esters (lactones) is 1. The van der Waals surface area contributed by atoms with Gasteiger partial charge in [-0.15, -0.1) is 0 Å². The van der Waals surface area contributed by atoms with Crippen LogP contribution in [-0.2, 0) is 22.4 Å². The molecule has 1 heterocycles. The number of benzene rings is 2. The van der Waals surface area contributed by atoms with E-state index in [2.05, 4.69) is 10.6 Å². The number of methoxy groups -OCH3 is 1. The molecule has 2 amide bonds. The largest absolute Gasteiger partial charge is 0.496 e. The number of alkyl carbamates (subject to hydrolysis) is 1. The van der Waals surface area contributed by atoms with Gasteiger partial charge in [0.25, 0.3) is 0 Å². The summed E-state index contributed by atoms with van der Waals surface area (Å²) in [6.45, 7) is 0.263. The molecule has 2 aromatic carbocycles. The predicted molar refractivity (Wildman–Crippen MR) is 98.7 cm³/mol. The molecule has 1 aliphatic rings. The van der Waals surface area contributed by atoms with E-state index in [-0.39, 0.29) is 23.2 Å². The van der Waals surface area contributed by atoms with Crippen molar-refractivity contribution in [3.05, 3.63) is 58.1 Å². The van der Waals surface area contributed by atoms with E-state index in [1.807, 2.05) is 0 Å². The van der Waals surface area contributed by atoms with Crippen molar-refractivity contribution in [2.24, 2.45) is 0 Å². The van der Waals surface area contributed by atoms with E-state index in [0.29, 0.717) is 17.9 Å². The van der Waals surface area contributed by atoms with E-state index >= 15 is 0 Å². The molecule has 28 heavy (non-hydrogen) atoms. The Bertz CT molecular complexity index is 900. The zero-order valence-electron chi connectivity index (χ0n) is 14.9. The molecule has 0 bridgehead atoms. The number of hydrogen-bond donors (Lipinski definition) is 2. The molecule has 6 nitrogen and oxygen atoms in total. The molecule has 2 aromatic rings. The SMILES string of the molecule is COc1cc(NC(=O)Cc2c(F)cc(Cl)cc2F)ccc1C[C@H]1COC(=O)N1. The average molecular weight is 411 g/mol. The zero-order valence-corrected chi connectivity index (χ0v) is 15.6. The second-order valence-electron chi connectivity index (χ2n) is 6.24. The van der Waals surface area contributed by atoms with E-state index in [9.17, 15) is 18.4 Å². The van der Waals surface area contributed by atoms with Gasteiger partial charge in [0.2, 0.25) is 5.91 Å². The molecular weight excluding hydrogens is 394 g/mol. The Kier molecular flexibility index (Phi) is 5.99. The Balaban J connectivity index is 1.68. The summed E-state index contributed by atoms with van der Waals surface area (Å²) in [5, 5.41) is 5.18. The van der Waals surface area contributed by atoms with Crippen LogP contribution in [0, 0.1) is 11.6 Å². The highest BCUT2D eigenvalue weighted by Gasteiger charge is 2.23. The third-order valence-electron chi connectivity index (χ3n) is 4.22. The molecule has 2 N–H and O–H groups in total. The highest BCUT2D eigenvalue weighted by Crippen LogP contribution is 2.26. The minimum atomic E-state index is -0.881. The topological polar surface area (TPSA) is 76.7 Å². The van der Waals surface area contributed by atoms with Gasteiger partial charge >= 0.3 is 6.09 Å². The first-order chi connectivity index (χ1) is 13.4. The molecule has 0 aliphatic carbocycles. The number of nitrogens with one attached hydrogen (secondary N) is 2. The van der Waals surface area contributed by atoms with E-state index in [0.717, 1.165) is 17.7 Å². The molecule has 1 atom stereocenters. The third kappa shape index (κ3) is 4.69. The van der Waals surface area contributed by atoms with Crippen LogP contribution in [0.4, 0.5) is 19.3 Å². The summed E-state index contributed by atoms with van der Waals surface area (Å²) in [6, 6.07) is 6.72. The highest BCUT2D eigenvalue weighted by molar-refractivity contribution is 6.30. The lowest BCUT2D eigenvalue weighted by Crippen LogP contribution is -2.28. The maximum Gasteiger partial charge on any atom is 0.407 e. The first-order valence-corrected chi connectivity index (χ1v) is 8.77. The number of carbonyl (C=O) groups is 2. The molecule has 0 aromatic heterocycles. The standard InChI is InChI=1S/C19H17ClF2N2O4/c1-27-17-7-12(3-2-10(17)4-13-9-28-19(26)24-13)23-18(25)8-14-15(21)5-11(20)6-16(14)22/h2-3,5-7,13H,4,8-9H2,1H3,(H,23,25)(H,24,26)/t13-/m0/s1. The minimum Gasteiger partial charge on any atom is -0.496 e. The van der Waals surface area contributed by atoms with E-state index in [1.165, 1.54) is 7.11 Å². The molecule has 1 fully saturated rings. The number of anilines is 1. The van der Waals surface area contributed by atoms with Gasteiger partial charge in [0.1, 0.15) is 24.0 Å². The Morgan fingerprint density at radius 2 is 2.04 bits per heavy atom. The quantitative estimate of drug-likeness (QED) is 0.764. The number of hydrogen-bond acceptors (Lipinski definition) is 4. The molecule has 148 valence electrons. The van der Waals surface area contributed by atoms with Gasteiger partial charge in [-0.3, -0.25) is 4.79 Å². The van der Waals surface area contributed by atoms with Crippen LogP contribution in [0.1, 0.15) is 11.1 Å². The summed E-state index contributed by atoms with van der Waals surface area (Å²) < 4.78 is 37.9. The predicted octanol–water partition coefficient (Wildman–Crippen LogP) is 3.46. The molecule has 0 radical (unpaired) electrons. The van der Waals surface area contributed by atoms with E-state index in [4.69, 9.17) is 21.1 Å². The summed E-state index contributed by atoms with van der Waals surface area (Å²) in [4.78, 5) is 23.3. The van der Waals surface area contributed by atoms with Crippen LogP contribution < -0.4 is 15.4 Å².